The van der Waals surface area contributed by atoms with Crippen LogP contribution < -0.4 is 19.7 Å². The minimum absolute atomic E-state index is 0.200. The minimum atomic E-state index is -3.55. The van der Waals surface area contributed by atoms with E-state index < -0.39 is 10.0 Å². The molecular formula is C28H29N5O4S2. The number of methoxy groups -OCH3 is 1. The van der Waals surface area contributed by atoms with Gasteiger partial charge >= 0.3 is 0 Å². The number of aromatic hydroxyl groups is 1. The van der Waals surface area contributed by atoms with E-state index in [0.29, 0.717) is 22.2 Å². The third-order valence-corrected chi connectivity index (χ3v) is 7.66. The zero-order chi connectivity index (χ0) is 27.9. The number of anilines is 2. The van der Waals surface area contributed by atoms with Crippen molar-refractivity contribution in [3.8, 4) is 17.2 Å². The molecular weight excluding hydrogens is 534 g/mol. The number of aryl methyl sites for hydroxylation is 1. The third-order valence-electron chi connectivity index (χ3n) is 6.75. The highest BCUT2D eigenvalue weighted by Gasteiger charge is 2.42. The summed E-state index contributed by atoms with van der Waals surface area (Å²) in [5.74, 6) is 0.594. The second-order valence-electron chi connectivity index (χ2n) is 9.43. The first-order valence-corrected chi connectivity index (χ1v) is 14.5. The molecule has 3 heterocycles. The minimum Gasteiger partial charge on any atom is -0.508 e. The molecule has 1 saturated heterocycles. The number of pyridine rings is 1. The largest absolute Gasteiger partial charge is 0.508 e. The summed E-state index contributed by atoms with van der Waals surface area (Å²) in [7, 11) is -2.07. The average molecular weight is 564 g/mol. The lowest BCUT2D eigenvalue weighted by molar-refractivity contribution is 0.417. The molecule has 1 fully saturated rings. The van der Waals surface area contributed by atoms with Crippen LogP contribution >= 0.6 is 12.2 Å². The van der Waals surface area contributed by atoms with E-state index in [0.717, 1.165) is 34.6 Å². The molecule has 2 aromatic heterocycles. The van der Waals surface area contributed by atoms with Gasteiger partial charge in [-0.1, -0.05) is 6.07 Å². The van der Waals surface area contributed by atoms with Crippen LogP contribution in [0.4, 0.5) is 11.4 Å². The maximum Gasteiger partial charge on any atom is 0.229 e. The van der Waals surface area contributed by atoms with Gasteiger partial charge in [0, 0.05) is 29.0 Å². The summed E-state index contributed by atoms with van der Waals surface area (Å²) in [5.41, 5.74) is 5.80. The molecule has 2 atom stereocenters. The second kappa shape index (κ2) is 10.2. The molecule has 0 saturated carbocycles. The van der Waals surface area contributed by atoms with Crippen LogP contribution in [0.3, 0.4) is 0 Å². The summed E-state index contributed by atoms with van der Waals surface area (Å²) in [6, 6.07) is 19.7. The Morgan fingerprint density at radius 3 is 2.41 bits per heavy atom. The van der Waals surface area contributed by atoms with Crippen molar-refractivity contribution in [1.29, 1.82) is 0 Å². The number of nitrogens with one attached hydrogen (secondary N) is 2. The van der Waals surface area contributed by atoms with Crippen LogP contribution in [0.15, 0.2) is 72.9 Å². The Morgan fingerprint density at radius 2 is 1.77 bits per heavy atom. The molecule has 1 aliphatic heterocycles. The molecule has 2 aromatic carbocycles. The van der Waals surface area contributed by atoms with Gasteiger partial charge in [-0.2, -0.15) is 0 Å². The summed E-state index contributed by atoms with van der Waals surface area (Å²) < 4.78 is 34.3. The molecule has 39 heavy (non-hydrogen) atoms. The van der Waals surface area contributed by atoms with Gasteiger partial charge in [0.15, 0.2) is 5.11 Å². The predicted octanol–water partition coefficient (Wildman–Crippen LogP) is 4.75. The number of nitrogens with zero attached hydrogens (tertiary/aromatic N) is 3. The Morgan fingerprint density at radius 1 is 1.05 bits per heavy atom. The number of ether oxygens (including phenoxy) is 1. The summed E-state index contributed by atoms with van der Waals surface area (Å²) in [4.78, 5) is 6.61. The maximum atomic E-state index is 12.1. The summed E-state index contributed by atoms with van der Waals surface area (Å²) in [6.07, 6.45) is 2.85. The first-order chi connectivity index (χ1) is 18.6. The molecule has 5 rings (SSSR count). The van der Waals surface area contributed by atoms with E-state index in [1.165, 1.54) is 7.11 Å². The first-order valence-electron chi connectivity index (χ1n) is 12.2. The van der Waals surface area contributed by atoms with Gasteiger partial charge in [-0.15, -0.1) is 0 Å². The predicted molar refractivity (Wildman–Crippen MR) is 156 cm³/mol. The molecule has 202 valence electrons. The van der Waals surface area contributed by atoms with Gasteiger partial charge in [-0.25, -0.2) is 8.42 Å². The van der Waals surface area contributed by atoms with Gasteiger partial charge in [0.25, 0.3) is 0 Å². The van der Waals surface area contributed by atoms with Crippen LogP contribution in [0.1, 0.15) is 34.7 Å². The van der Waals surface area contributed by atoms with E-state index in [4.69, 9.17) is 17.0 Å². The summed E-state index contributed by atoms with van der Waals surface area (Å²) in [6.45, 7) is 4.08. The van der Waals surface area contributed by atoms with Gasteiger partial charge < -0.3 is 24.6 Å². The van der Waals surface area contributed by atoms with Crippen LogP contribution in [0, 0.1) is 13.8 Å². The average Bonchev–Trinajstić information content (AvgIpc) is 3.39. The van der Waals surface area contributed by atoms with Crippen LogP contribution in [0.2, 0.25) is 0 Å². The van der Waals surface area contributed by atoms with Gasteiger partial charge in [0.2, 0.25) is 10.0 Å². The second-order valence-corrected chi connectivity index (χ2v) is 11.6. The molecule has 4 aromatic rings. The number of rotatable bonds is 7. The number of aromatic nitrogens is 2. The fraction of sp³-hybridized carbons (Fsp3) is 0.214. The topological polar surface area (TPSA) is 109 Å². The quantitative estimate of drug-likeness (QED) is 0.277. The molecule has 11 heteroatoms. The number of hydrogen-bond donors (Lipinski definition) is 3. The van der Waals surface area contributed by atoms with Gasteiger partial charge in [0.1, 0.15) is 11.5 Å². The number of hydrogen-bond acceptors (Lipinski definition) is 6. The summed E-state index contributed by atoms with van der Waals surface area (Å²) >= 11 is 5.86. The van der Waals surface area contributed by atoms with Crippen molar-refractivity contribution in [1.82, 2.24) is 14.9 Å². The molecule has 0 aliphatic carbocycles. The Balaban J connectivity index is 1.68. The highest BCUT2D eigenvalue weighted by molar-refractivity contribution is 7.92. The number of phenols is 1. The Hall–Kier alpha value is -4.09. The maximum absolute atomic E-state index is 12.1. The van der Waals surface area contributed by atoms with Crippen molar-refractivity contribution in [2.24, 2.45) is 0 Å². The van der Waals surface area contributed by atoms with Crippen LogP contribution in [-0.2, 0) is 10.0 Å². The highest BCUT2D eigenvalue weighted by Crippen LogP contribution is 2.45. The van der Waals surface area contributed by atoms with Crippen LogP contribution in [-0.4, -0.2) is 41.6 Å². The van der Waals surface area contributed by atoms with Crippen molar-refractivity contribution in [2.45, 2.75) is 25.9 Å². The molecule has 0 spiro atoms. The smallest absolute Gasteiger partial charge is 0.229 e. The third kappa shape index (κ3) is 5.15. The van der Waals surface area contributed by atoms with E-state index >= 15 is 0 Å². The molecule has 9 nitrogen and oxygen atoms in total. The number of sulfonamides is 1. The number of phenolic OH excluding ortho intramolecular Hbond substituents is 1. The Labute approximate surface area is 233 Å². The van der Waals surface area contributed by atoms with E-state index in [1.54, 1.807) is 30.5 Å². The van der Waals surface area contributed by atoms with Crippen LogP contribution in [0.25, 0.3) is 5.69 Å². The molecule has 0 bridgehead atoms. The SMILES string of the molecule is COc1ccc(N2C(=S)NC(c3ccccn3)C2c2cc(C)n(-c3ccc(O)cc3)c2C)cc1NS(C)(=O)=O. The van der Waals surface area contributed by atoms with E-state index in [2.05, 4.69) is 32.6 Å². The van der Waals surface area contributed by atoms with Gasteiger partial charge in [-0.05, 0) is 92.3 Å². The lowest BCUT2D eigenvalue weighted by Crippen LogP contribution is -2.29. The van der Waals surface area contributed by atoms with E-state index in [-0.39, 0.29) is 17.8 Å². The summed E-state index contributed by atoms with van der Waals surface area (Å²) in [5, 5.41) is 13.7. The normalized spacial score (nSPS) is 17.2. The highest BCUT2D eigenvalue weighted by atomic mass is 32.2. The van der Waals surface area contributed by atoms with Crippen molar-refractivity contribution >= 4 is 38.7 Å². The molecule has 3 N–H and O–H groups in total. The van der Waals surface area contributed by atoms with Crippen molar-refractivity contribution in [2.75, 3.05) is 23.0 Å². The van der Waals surface area contributed by atoms with E-state index in [9.17, 15) is 13.5 Å². The lowest BCUT2D eigenvalue weighted by Gasteiger charge is -2.29. The van der Waals surface area contributed by atoms with E-state index in [1.807, 2.05) is 48.2 Å². The van der Waals surface area contributed by atoms with Crippen LogP contribution in [0.5, 0.6) is 11.5 Å². The zero-order valence-corrected chi connectivity index (χ0v) is 23.5. The van der Waals surface area contributed by atoms with Gasteiger partial charge in [0.05, 0.1) is 36.8 Å². The van der Waals surface area contributed by atoms with Crippen molar-refractivity contribution in [3.63, 3.8) is 0 Å². The Bertz CT molecular complexity index is 1640. The molecule has 0 amide bonds. The Kier molecular flexibility index (Phi) is 6.96. The zero-order valence-electron chi connectivity index (χ0n) is 21.9. The van der Waals surface area contributed by atoms with Crippen molar-refractivity contribution in [3.05, 3.63) is 95.6 Å². The van der Waals surface area contributed by atoms with Gasteiger partial charge in [-0.3, -0.25) is 9.71 Å². The number of benzene rings is 2. The lowest BCUT2D eigenvalue weighted by atomic mass is 9.96. The van der Waals surface area contributed by atoms with Crippen molar-refractivity contribution < 1.29 is 18.3 Å². The number of thiocarbonyl (C=S) groups is 1. The monoisotopic (exact) mass is 563 g/mol. The fourth-order valence-electron chi connectivity index (χ4n) is 5.16. The molecule has 0 radical (unpaired) electrons. The molecule has 1 aliphatic rings. The molecule has 2 unspecified atom stereocenters. The standard InChI is InChI=1S/C28H29N5O4S2/c1-17-15-22(18(2)32(17)19-8-11-21(34)12-9-19)27-26(23-7-5-6-14-29-23)30-28(38)33(27)20-10-13-25(37-3)24(16-20)31-39(4,35)36/h5-16,26-27,31,34H,1-4H3,(H,30,38). The first kappa shape index (κ1) is 26.5. The fourth-order valence-corrected chi connectivity index (χ4v) is 6.07.